The van der Waals surface area contributed by atoms with Crippen LogP contribution in [0.5, 0.6) is 0 Å². The van der Waals surface area contributed by atoms with E-state index in [0.29, 0.717) is 0 Å². The van der Waals surface area contributed by atoms with Crippen LogP contribution in [0, 0.1) is 0 Å². The van der Waals surface area contributed by atoms with E-state index in [1.54, 1.807) is 0 Å². The van der Waals surface area contributed by atoms with Gasteiger partial charge in [-0.25, -0.2) is 9.05 Å². The van der Waals surface area contributed by atoms with Crippen molar-refractivity contribution in [2.45, 2.75) is 79.1 Å². The van der Waals surface area contributed by atoms with Gasteiger partial charge < -0.3 is 0 Å². The van der Waals surface area contributed by atoms with Gasteiger partial charge in [-0.05, 0) is 37.8 Å². The van der Waals surface area contributed by atoms with Crippen molar-refractivity contribution in [1.29, 1.82) is 0 Å². The van der Waals surface area contributed by atoms with E-state index in [1.165, 1.54) is 0 Å². The molecule has 0 aromatic heterocycles. The molecule has 0 fully saturated rings. The molecule has 0 aliphatic heterocycles. The van der Waals surface area contributed by atoms with Crippen molar-refractivity contribution in [3.63, 3.8) is 0 Å². The predicted octanol–water partition coefficient (Wildman–Crippen LogP) is 6.65. The van der Waals surface area contributed by atoms with Gasteiger partial charge in [0.2, 0.25) is 0 Å². The summed E-state index contributed by atoms with van der Waals surface area (Å²) in [7, 11) is -2.10. The van der Waals surface area contributed by atoms with Gasteiger partial charge >= 0.3 is 8.25 Å². The summed E-state index contributed by atoms with van der Waals surface area (Å²) in [4.78, 5) is 0. The molecule has 0 saturated carbocycles. The fraction of sp³-hybridized carbons (Fsp3) is 0.750. The van der Waals surface area contributed by atoms with Gasteiger partial charge in [0.1, 0.15) is 0 Å². The van der Waals surface area contributed by atoms with Crippen LogP contribution in [-0.4, -0.2) is 0 Å². The third-order valence-electron chi connectivity index (χ3n) is 2.70. The van der Waals surface area contributed by atoms with E-state index in [4.69, 9.17) is 9.05 Å². The van der Waals surface area contributed by atoms with Crippen LogP contribution in [0.1, 0.15) is 79.1 Å². The molecular weight excluding hydrogens is 271 g/mol. The highest BCUT2D eigenvalue weighted by atomic mass is 31.1. The van der Waals surface area contributed by atoms with E-state index in [0.717, 1.165) is 62.9 Å². The van der Waals surface area contributed by atoms with Gasteiger partial charge in [0.15, 0.2) is 11.5 Å². The van der Waals surface area contributed by atoms with E-state index in [9.17, 15) is 4.57 Å². The molecule has 4 heteroatoms. The monoisotopic (exact) mass is 301 g/mol. The molecule has 0 aliphatic carbocycles. The maximum atomic E-state index is 12.0. The molecule has 116 valence electrons. The van der Waals surface area contributed by atoms with Gasteiger partial charge in [-0.1, -0.05) is 40.5 Å². The van der Waals surface area contributed by atoms with Crippen LogP contribution < -0.4 is 0 Å². The summed E-state index contributed by atoms with van der Waals surface area (Å²) in [5.74, 6) is 1.59. The minimum absolute atomic E-state index is 0.793. The van der Waals surface area contributed by atoms with Crippen LogP contribution in [0.4, 0.5) is 0 Å². The minimum Gasteiger partial charge on any atom is -0.227 e. The van der Waals surface area contributed by atoms with Crippen LogP contribution in [0.25, 0.3) is 0 Å². The van der Waals surface area contributed by atoms with Gasteiger partial charge in [-0.15, -0.1) is 0 Å². The molecule has 0 saturated heterocycles. The molecule has 0 unspecified atom stereocenters. The van der Waals surface area contributed by atoms with Crippen molar-refractivity contribution in [2.24, 2.45) is 0 Å². The highest BCUT2D eigenvalue weighted by Crippen LogP contribution is 2.34. The Bertz CT molecular complexity index is 292. The first kappa shape index (κ1) is 19.2. The van der Waals surface area contributed by atoms with Crippen LogP contribution >= 0.6 is 8.25 Å². The molecule has 0 heterocycles. The Morgan fingerprint density at radius 1 is 0.800 bits per heavy atom. The zero-order chi connectivity index (χ0) is 15.2. The summed E-state index contributed by atoms with van der Waals surface area (Å²) >= 11 is 0. The topological polar surface area (TPSA) is 35.5 Å². The van der Waals surface area contributed by atoms with Crippen molar-refractivity contribution in [1.82, 2.24) is 0 Å². The predicted molar refractivity (Wildman–Crippen MR) is 85.6 cm³/mol. The summed E-state index contributed by atoms with van der Waals surface area (Å²) in [5, 5.41) is 0. The van der Waals surface area contributed by atoms with Crippen molar-refractivity contribution in [3.8, 4) is 0 Å². The number of unbranched alkanes of at least 4 members (excludes halogenated alkanes) is 2. The minimum atomic E-state index is -2.10. The van der Waals surface area contributed by atoms with Gasteiger partial charge in [-0.3, -0.25) is 0 Å². The van der Waals surface area contributed by atoms with E-state index in [-0.39, 0.29) is 0 Å². The molecule has 0 amide bonds. The van der Waals surface area contributed by atoms with Crippen LogP contribution in [-0.2, 0) is 13.6 Å². The maximum absolute atomic E-state index is 12.0. The van der Waals surface area contributed by atoms with E-state index >= 15 is 0 Å². The smallest absolute Gasteiger partial charge is 0.227 e. The lowest BCUT2D eigenvalue weighted by Gasteiger charge is -2.01. The van der Waals surface area contributed by atoms with Crippen molar-refractivity contribution < 1.29 is 13.6 Å². The third-order valence-corrected chi connectivity index (χ3v) is 3.46. The van der Waals surface area contributed by atoms with Gasteiger partial charge in [0.25, 0.3) is 0 Å². The Morgan fingerprint density at radius 2 is 1.20 bits per heavy atom. The number of hydrogen-bond acceptors (Lipinski definition) is 3. The van der Waals surface area contributed by atoms with Gasteiger partial charge in [0.05, 0.1) is 0 Å². The molecule has 0 aromatic carbocycles. The Kier molecular flexibility index (Phi) is 12.6. The molecule has 0 rings (SSSR count). The first-order valence-electron chi connectivity index (χ1n) is 7.89. The average Bonchev–Trinajstić information content (AvgIpc) is 2.42. The zero-order valence-electron chi connectivity index (χ0n) is 13.5. The molecule has 0 N–H and O–H groups in total. The second-order valence-electron chi connectivity index (χ2n) is 4.82. The molecular formula is C16H30O3P+. The summed E-state index contributed by atoms with van der Waals surface area (Å²) in [6, 6.07) is 0. The summed E-state index contributed by atoms with van der Waals surface area (Å²) in [6.07, 6.45) is 11.6. The molecule has 0 aliphatic rings. The molecule has 20 heavy (non-hydrogen) atoms. The first-order valence-corrected chi connectivity index (χ1v) is 8.98. The molecule has 0 spiro atoms. The SMILES string of the molecule is CCC/C=C(/CCC)O[P+](=O)O/C(=C\CCC)CCC. The molecule has 0 bridgehead atoms. The average molecular weight is 301 g/mol. The largest absolute Gasteiger partial charge is 0.804 e. The first-order chi connectivity index (χ1) is 9.67. The second kappa shape index (κ2) is 13.2. The summed E-state index contributed by atoms with van der Waals surface area (Å²) in [5.41, 5.74) is 0. The Balaban J connectivity index is 4.47. The number of allylic oxidation sites excluding steroid dienone is 4. The normalized spacial score (nSPS) is 13.3. The number of hydrogen-bond donors (Lipinski definition) is 0. The van der Waals surface area contributed by atoms with E-state index < -0.39 is 8.25 Å². The summed E-state index contributed by atoms with van der Waals surface area (Å²) in [6.45, 7) is 8.40. The Morgan fingerprint density at radius 3 is 1.50 bits per heavy atom. The Hall–Kier alpha value is -0.820. The molecule has 0 atom stereocenters. The molecule has 0 aromatic rings. The summed E-state index contributed by atoms with van der Waals surface area (Å²) < 4.78 is 22.9. The quantitative estimate of drug-likeness (QED) is 0.299. The van der Waals surface area contributed by atoms with E-state index in [1.807, 2.05) is 12.2 Å². The zero-order valence-corrected chi connectivity index (χ0v) is 14.4. The van der Waals surface area contributed by atoms with Crippen LogP contribution in [0.15, 0.2) is 23.7 Å². The van der Waals surface area contributed by atoms with Crippen molar-refractivity contribution >= 4 is 8.25 Å². The number of rotatable bonds is 12. The van der Waals surface area contributed by atoms with Gasteiger partial charge in [-0.2, -0.15) is 0 Å². The van der Waals surface area contributed by atoms with Crippen LogP contribution in [0.2, 0.25) is 0 Å². The second-order valence-corrected chi connectivity index (χ2v) is 5.64. The lowest BCUT2D eigenvalue weighted by Crippen LogP contribution is -1.90. The third kappa shape index (κ3) is 10.0. The fourth-order valence-electron chi connectivity index (χ4n) is 1.68. The van der Waals surface area contributed by atoms with Crippen molar-refractivity contribution in [2.75, 3.05) is 0 Å². The lowest BCUT2D eigenvalue weighted by atomic mass is 10.2. The van der Waals surface area contributed by atoms with Crippen LogP contribution in [0.3, 0.4) is 0 Å². The standard InChI is InChI=1S/C16H30O3P/c1-5-9-13-15(11-7-3)18-20(17)19-16(12-8-4)14-10-6-2/h13-14H,5-12H2,1-4H3/q+1/b15-13-,16-14-. The lowest BCUT2D eigenvalue weighted by molar-refractivity contribution is 0.298. The van der Waals surface area contributed by atoms with Crippen molar-refractivity contribution in [3.05, 3.63) is 23.7 Å². The molecule has 3 nitrogen and oxygen atoms in total. The van der Waals surface area contributed by atoms with E-state index in [2.05, 4.69) is 27.7 Å². The van der Waals surface area contributed by atoms with Gasteiger partial charge in [0, 0.05) is 17.4 Å². The maximum Gasteiger partial charge on any atom is 0.804 e. The molecule has 0 radical (unpaired) electrons. The Labute approximate surface area is 125 Å². The highest BCUT2D eigenvalue weighted by molar-refractivity contribution is 7.33. The highest BCUT2D eigenvalue weighted by Gasteiger charge is 2.25. The fourth-order valence-corrected chi connectivity index (χ4v) is 2.44.